The zero-order chi connectivity index (χ0) is 10.8. The molecule has 1 aromatic heterocycles. The molecule has 80 valence electrons. The fourth-order valence-electron chi connectivity index (χ4n) is 1.49. The summed E-state index contributed by atoms with van der Waals surface area (Å²) in [6.07, 6.45) is 0. The lowest BCUT2D eigenvalue weighted by molar-refractivity contribution is 0.742. The van der Waals surface area contributed by atoms with Crippen LogP contribution in [-0.4, -0.2) is 15.3 Å². The summed E-state index contributed by atoms with van der Waals surface area (Å²) in [5.74, 6) is 1.83. The third-order valence-corrected chi connectivity index (χ3v) is 3.75. The van der Waals surface area contributed by atoms with Crippen LogP contribution in [0.4, 0.5) is 0 Å². The highest BCUT2D eigenvalue weighted by Gasteiger charge is 2.07. The number of thioether (sulfide) groups is 1. The van der Waals surface area contributed by atoms with Crippen molar-refractivity contribution < 1.29 is 0 Å². The van der Waals surface area contributed by atoms with Gasteiger partial charge in [0.2, 0.25) is 0 Å². The van der Waals surface area contributed by atoms with E-state index in [0.717, 1.165) is 16.4 Å². The molecule has 2 aromatic rings. The van der Waals surface area contributed by atoms with Gasteiger partial charge in [-0.05, 0) is 18.1 Å². The van der Waals surface area contributed by atoms with Crippen LogP contribution in [0.2, 0.25) is 0 Å². The molecule has 2 nitrogen and oxygen atoms in total. The van der Waals surface area contributed by atoms with Crippen molar-refractivity contribution in [3.8, 4) is 0 Å². The Bertz CT molecular complexity index is 460. The van der Waals surface area contributed by atoms with Crippen LogP contribution >= 0.6 is 11.8 Å². The minimum absolute atomic E-state index is 0.704. The summed E-state index contributed by atoms with van der Waals surface area (Å²) in [6.45, 7) is 4.46. The number of hydrogen-bond acceptors (Lipinski definition) is 2. The molecule has 2 rings (SSSR count). The van der Waals surface area contributed by atoms with Gasteiger partial charge in [-0.2, -0.15) is 0 Å². The van der Waals surface area contributed by atoms with Crippen LogP contribution in [0.5, 0.6) is 0 Å². The molecule has 0 fully saturated rings. The first-order valence-electron chi connectivity index (χ1n) is 5.22. The summed E-state index contributed by atoms with van der Waals surface area (Å²) in [5, 5.41) is 1.12. The van der Waals surface area contributed by atoms with Crippen molar-refractivity contribution in [1.29, 1.82) is 0 Å². The lowest BCUT2D eigenvalue weighted by Gasteiger charge is -2.03. The zero-order valence-corrected chi connectivity index (χ0v) is 10.2. The maximum atomic E-state index is 4.61. The molecule has 0 aliphatic rings. The molecule has 1 heterocycles. The van der Waals surface area contributed by atoms with E-state index in [1.165, 1.54) is 5.52 Å². The van der Waals surface area contributed by atoms with Gasteiger partial charge in [0, 0.05) is 12.8 Å². The summed E-state index contributed by atoms with van der Waals surface area (Å²) < 4.78 is 2.17. The summed E-state index contributed by atoms with van der Waals surface area (Å²) in [5.41, 5.74) is 2.30. The number of aryl methyl sites for hydroxylation is 1. The van der Waals surface area contributed by atoms with Gasteiger partial charge in [-0.25, -0.2) is 4.98 Å². The minimum Gasteiger partial charge on any atom is -0.322 e. The highest BCUT2D eigenvalue weighted by atomic mass is 32.2. The summed E-state index contributed by atoms with van der Waals surface area (Å²) in [6, 6.07) is 8.27. The van der Waals surface area contributed by atoms with E-state index >= 15 is 0 Å². The monoisotopic (exact) mass is 220 g/mol. The van der Waals surface area contributed by atoms with Crippen LogP contribution in [0.25, 0.3) is 11.0 Å². The number of benzene rings is 1. The lowest BCUT2D eigenvalue weighted by atomic mass is 10.3. The quantitative estimate of drug-likeness (QED) is 0.738. The van der Waals surface area contributed by atoms with Gasteiger partial charge in [-0.1, -0.05) is 37.7 Å². The Morgan fingerprint density at radius 1 is 1.33 bits per heavy atom. The molecule has 1 aromatic carbocycles. The third kappa shape index (κ3) is 2.17. The smallest absolute Gasteiger partial charge is 0.168 e. The molecule has 3 heteroatoms. The van der Waals surface area contributed by atoms with Crippen molar-refractivity contribution in [2.45, 2.75) is 19.0 Å². The van der Waals surface area contributed by atoms with Crippen molar-refractivity contribution in [3.05, 3.63) is 24.3 Å². The number of imidazole rings is 1. The van der Waals surface area contributed by atoms with Gasteiger partial charge in [-0.15, -0.1) is 0 Å². The molecule has 0 unspecified atom stereocenters. The first kappa shape index (κ1) is 10.6. The minimum atomic E-state index is 0.704. The highest BCUT2D eigenvalue weighted by Crippen LogP contribution is 2.23. The second kappa shape index (κ2) is 4.27. The number of nitrogens with zero attached hydrogens (tertiary/aromatic N) is 2. The molecule has 0 bridgehead atoms. The van der Waals surface area contributed by atoms with Crippen LogP contribution in [0.15, 0.2) is 29.4 Å². The standard InChI is InChI=1S/C12H16N2S/c1-9(2)8-15-12-13-10-6-4-5-7-11(10)14(12)3/h4-7,9H,8H2,1-3H3. The number of hydrogen-bond donors (Lipinski definition) is 0. The number of aromatic nitrogens is 2. The van der Waals surface area contributed by atoms with Crippen LogP contribution in [-0.2, 0) is 7.05 Å². The van der Waals surface area contributed by atoms with E-state index < -0.39 is 0 Å². The average Bonchev–Trinajstić information content (AvgIpc) is 2.54. The van der Waals surface area contributed by atoms with Gasteiger partial charge in [0.1, 0.15) is 0 Å². The molecular formula is C12H16N2S. The molecular weight excluding hydrogens is 204 g/mol. The first-order chi connectivity index (χ1) is 7.18. The second-order valence-electron chi connectivity index (χ2n) is 4.15. The Labute approximate surface area is 94.7 Å². The Balaban J connectivity index is 2.32. The van der Waals surface area contributed by atoms with Gasteiger partial charge in [-0.3, -0.25) is 0 Å². The predicted molar refractivity (Wildman–Crippen MR) is 66.3 cm³/mol. The number of rotatable bonds is 3. The Morgan fingerprint density at radius 2 is 2.07 bits per heavy atom. The molecule has 0 radical (unpaired) electrons. The summed E-state index contributed by atoms with van der Waals surface area (Å²) >= 11 is 1.83. The number of fused-ring (bicyclic) bond motifs is 1. The SMILES string of the molecule is CC(C)CSc1nc2ccccc2n1C. The Hall–Kier alpha value is -0.960. The Kier molecular flexibility index (Phi) is 3.00. The molecule has 0 spiro atoms. The highest BCUT2D eigenvalue weighted by molar-refractivity contribution is 7.99. The third-order valence-electron chi connectivity index (χ3n) is 2.29. The van der Waals surface area contributed by atoms with E-state index in [1.54, 1.807) is 0 Å². The molecule has 0 aliphatic carbocycles. The van der Waals surface area contributed by atoms with E-state index in [2.05, 4.69) is 48.6 Å². The summed E-state index contributed by atoms with van der Waals surface area (Å²) in [4.78, 5) is 4.61. The number of para-hydroxylation sites is 2. The van der Waals surface area contributed by atoms with Crippen LogP contribution < -0.4 is 0 Å². The fourth-order valence-corrected chi connectivity index (χ4v) is 2.43. The molecule has 0 atom stereocenters. The van der Waals surface area contributed by atoms with E-state index in [-0.39, 0.29) is 0 Å². The van der Waals surface area contributed by atoms with E-state index in [1.807, 2.05) is 17.8 Å². The maximum absolute atomic E-state index is 4.61. The van der Waals surface area contributed by atoms with Gasteiger partial charge in [0.25, 0.3) is 0 Å². The van der Waals surface area contributed by atoms with Crippen molar-refractivity contribution in [3.63, 3.8) is 0 Å². The predicted octanol–water partition coefficient (Wildman–Crippen LogP) is 3.32. The van der Waals surface area contributed by atoms with Crippen molar-refractivity contribution >= 4 is 22.8 Å². The van der Waals surface area contributed by atoms with E-state index in [4.69, 9.17) is 0 Å². The van der Waals surface area contributed by atoms with Crippen molar-refractivity contribution in [2.24, 2.45) is 13.0 Å². The van der Waals surface area contributed by atoms with Crippen molar-refractivity contribution in [1.82, 2.24) is 9.55 Å². The zero-order valence-electron chi connectivity index (χ0n) is 9.40. The largest absolute Gasteiger partial charge is 0.322 e. The van der Waals surface area contributed by atoms with Gasteiger partial charge in [0.15, 0.2) is 5.16 Å². The van der Waals surface area contributed by atoms with Crippen molar-refractivity contribution in [2.75, 3.05) is 5.75 Å². The molecule has 0 saturated heterocycles. The van der Waals surface area contributed by atoms with Crippen LogP contribution in [0.3, 0.4) is 0 Å². The first-order valence-corrected chi connectivity index (χ1v) is 6.21. The molecule has 0 amide bonds. The van der Waals surface area contributed by atoms with Gasteiger partial charge >= 0.3 is 0 Å². The molecule has 0 N–H and O–H groups in total. The summed E-state index contributed by atoms with van der Waals surface area (Å²) in [7, 11) is 2.08. The van der Waals surface area contributed by atoms with E-state index in [9.17, 15) is 0 Å². The topological polar surface area (TPSA) is 17.8 Å². The molecule has 0 aliphatic heterocycles. The Morgan fingerprint density at radius 3 is 2.73 bits per heavy atom. The van der Waals surface area contributed by atoms with Crippen LogP contribution in [0, 0.1) is 5.92 Å². The fraction of sp³-hybridized carbons (Fsp3) is 0.417. The normalized spacial score (nSPS) is 11.5. The maximum Gasteiger partial charge on any atom is 0.168 e. The van der Waals surface area contributed by atoms with Crippen LogP contribution in [0.1, 0.15) is 13.8 Å². The molecule has 15 heavy (non-hydrogen) atoms. The van der Waals surface area contributed by atoms with Gasteiger partial charge < -0.3 is 4.57 Å². The molecule has 0 saturated carbocycles. The second-order valence-corrected chi connectivity index (χ2v) is 5.13. The lowest BCUT2D eigenvalue weighted by Crippen LogP contribution is -1.95. The van der Waals surface area contributed by atoms with Gasteiger partial charge in [0.05, 0.1) is 11.0 Å². The average molecular weight is 220 g/mol. The van der Waals surface area contributed by atoms with E-state index in [0.29, 0.717) is 5.92 Å².